The summed E-state index contributed by atoms with van der Waals surface area (Å²) in [5.74, 6) is 0.0669. The highest BCUT2D eigenvalue weighted by molar-refractivity contribution is 5.92. The second kappa shape index (κ2) is 9.54. The van der Waals surface area contributed by atoms with E-state index < -0.39 is 5.97 Å². The lowest BCUT2D eigenvalue weighted by atomic mass is 9.89. The van der Waals surface area contributed by atoms with Gasteiger partial charge in [-0.05, 0) is 64.6 Å². The van der Waals surface area contributed by atoms with Gasteiger partial charge in [0.1, 0.15) is 12.4 Å². The van der Waals surface area contributed by atoms with Crippen LogP contribution in [0.25, 0.3) is 16.8 Å². The van der Waals surface area contributed by atoms with Gasteiger partial charge in [0.15, 0.2) is 0 Å². The van der Waals surface area contributed by atoms with Gasteiger partial charge in [0.05, 0.1) is 5.56 Å². The summed E-state index contributed by atoms with van der Waals surface area (Å²) in [5, 5.41) is 11.8. The summed E-state index contributed by atoms with van der Waals surface area (Å²) in [7, 11) is 0. The van der Waals surface area contributed by atoms with Gasteiger partial charge in [-0.3, -0.25) is 0 Å². The van der Waals surface area contributed by atoms with Crippen LogP contribution in [0.1, 0.15) is 27.0 Å². The van der Waals surface area contributed by atoms with Crippen LogP contribution in [-0.4, -0.2) is 23.7 Å². The standard InChI is InChI=1S/C30H27NO3/c31-29(24-16-21-9-1-2-10-22(21)17-24)25(18-23-11-4-6-14-27(23)30(32)33)19-34-28-15-7-12-20-8-3-5-13-26(20)28/h1-15,18,24,29H,16-17,19,31H2,(H,32,33)/b25-18+. The smallest absolute Gasteiger partial charge is 0.336 e. The molecule has 0 amide bonds. The van der Waals surface area contributed by atoms with E-state index >= 15 is 0 Å². The number of benzene rings is 4. The zero-order chi connectivity index (χ0) is 23.5. The van der Waals surface area contributed by atoms with Gasteiger partial charge in [-0.2, -0.15) is 0 Å². The first kappa shape index (κ1) is 21.9. The van der Waals surface area contributed by atoms with Crippen LogP contribution in [0.5, 0.6) is 5.75 Å². The highest BCUT2D eigenvalue weighted by atomic mass is 16.5. The Morgan fingerprint density at radius 3 is 2.32 bits per heavy atom. The van der Waals surface area contributed by atoms with E-state index in [-0.39, 0.29) is 24.1 Å². The number of nitrogens with two attached hydrogens (primary N) is 1. The van der Waals surface area contributed by atoms with E-state index in [4.69, 9.17) is 10.5 Å². The average molecular weight is 450 g/mol. The summed E-state index contributed by atoms with van der Waals surface area (Å²) < 4.78 is 6.32. The molecule has 0 aromatic heterocycles. The van der Waals surface area contributed by atoms with E-state index in [1.54, 1.807) is 12.1 Å². The number of carbonyl (C=O) groups is 1. The number of aromatic carboxylic acids is 1. The van der Waals surface area contributed by atoms with E-state index in [2.05, 4.69) is 36.4 Å². The second-order valence-corrected chi connectivity index (χ2v) is 8.84. The fourth-order valence-electron chi connectivity index (χ4n) is 4.88. The summed E-state index contributed by atoms with van der Waals surface area (Å²) in [6, 6.07) is 29.3. The first-order chi connectivity index (χ1) is 16.6. The molecular weight excluding hydrogens is 422 g/mol. The van der Waals surface area contributed by atoms with Crippen LogP contribution in [0, 0.1) is 5.92 Å². The molecule has 4 aromatic rings. The van der Waals surface area contributed by atoms with Crippen molar-refractivity contribution in [2.24, 2.45) is 11.7 Å². The van der Waals surface area contributed by atoms with Gasteiger partial charge < -0.3 is 15.6 Å². The monoisotopic (exact) mass is 449 g/mol. The minimum absolute atomic E-state index is 0.233. The van der Waals surface area contributed by atoms with E-state index in [0.717, 1.165) is 34.9 Å². The van der Waals surface area contributed by atoms with Crippen molar-refractivity contribution in [2.45, 2.75) is 18.9 Å². The summed E-state index contributed by atoms with van der Waals surface area (Å²) in [6.07, 6.45) is 3.72. The van der Waals surface area contributed by atoms with Crippen molar-refractivity contribution in [2.75, 3.05) is 6.61 Å². The number of fused-ring (bicyclic) bond motifs is 2. The molecule has 1 aliphatic carbocycles. The summed E-state index contributed by atoms with van der Waals surface area (Å²) in [6.45, 7) is 0.288. The molecule has 5 rings (SSSR count). The van der Waals surface area contributed by atoms with Crippen LogP contribution >= 0.6 is 0 Å². The maximum Gasteiger partial charge on any atom is 0.336 e. The molecule has 1 atom stereocenters. The molecule has 0 radical (unpaired) electrons. The van der Waals surface area contributed by atoms with Crippen molar-refractivity contribution in [3.8, 4) is 5.75 Å². The molecule has 0 saturated heterocycles. The highest BCUT2D eigenvalue weighted by Crippen LogP contribution is 2.32. The van der Waals surface area contributed by atoms with Crippen molar-refractivity contribution in [1.29, 1.82) is 0 Å². The number of ether oxygens (including phenoxy) is 1. The van der Waals surface area contributed by atoms with Crippen LogP contribution < -0.4 is 10.5 Å². The Kier molecular flexibility index (Phi) is 6.15. The van der Waals surface area contributed by atoms with Crippen LogP contribution in [0.3, 0.4) is 0 Å². The zero-order valence-corrected chi connectivity index (χ0v) is 18.9. The largest absolute Gasteiger partial charge is 0.489 e. The topological polar surface area (TPSA) is 72.6 Å². The Labute approximate surface area is 199 Å². The lowest BCUT2D eigenvalue weighted by Gasteiger charge is -2.23. The Hall–Kier alpha value is -3.89. The molecule has 4 heteroatoms. The van der Waals surface area contributed by atoms with E-state index in [9.17, 15) is 9.90 Å². The van der Waals surface area contributed by atoms with Crippen molar-refractivity contribution >= 4 is 22.8 Å². The minimum Gasteiger partial charge on any atom is -0.489 e. The minimum atomic E-state index is -0.956. The van der Waals surface area contributed by atoms with E-state index in [1.165, 1.54) is 11.1 Å². The van der Waals surface area contributed by atoms with E-state index in [0.29, 0.717) is 5.56 Å². The molecule has 1 aliphatic rings. The number of carboxylic acids is 1. The van der Waals surface area contributed by atoms with Crippen LogP contribution in [0.15, 0.2) is 96.6 Å². The molecule has 0 fully saturated rings. The molecular formula is C30H27NO3. The lowest BCUT2D eigenvalue weighted by molar-refractivity contribution is 0.0696. The third-order valence-corrected chi connectivity index (χ3v) is 6.69. The molecule has 0 saturated carbocycles. The maximum atomic E-state index is 11.8. The lowest BCUT2D eigenvalue weighted by Crippen LogP contribution is -2.35. The number of carboxylic acid groups (broad SMARTS) is 1. The first-order valence-electron chi connectivity index (χ1n) is 11.6. The Bertz CT molecular complexity index is 1340. The maximum absolute atomic E-state index is 11.8. The van der Waals surface area contributed by atoms with Crippen molar-refractivity contribution in [1.82, 2.24) is 0 Å². The molecule has 1 unspecified atom stereocenters. The molecule has 0 spiro atoms. The Morgan fingerprint density at radius 1 is 0.912 bits per heavy atom. The zero-order valence-electron chi connectivity index (χ0n) is 18.9. The predicted octanol–water partition coefficient (Wildman–Crippen LogP) is 5.74. The number of hydrogen-bond acceptors (Lipinski definition) is 3. The molecule has 0 aliphatic heterocycles. The number of hydrogen-bond donors (Lipinski definition) is 2. The fourth-order valence-corrected chi connectivity index (χ4v) is 4.88. The predicted molar refractivity (Wildman–Crippen MR) is 136 cm³/mol. The quantitative estimate of drug-likeness (QED) is 0.377. The van der Waals surface area contributed by atoms with Gasteiger partial charge >= 0.3 is 5.97 Å². The first-order valence-corrected chi connectivity index (χ1v) is 11.6. The SMILES string of the molecule is NC(/C(=C/c1ccccc1C(=O)O)COc1cccc2ccccc12)C1Cc2ccccc2C1. The molecule has 4 nitrogen and oxygen atoms in total. The molecule has 4 aromatic carbocycles. The Balaban J connectivity index is 1.48. The van der Waals surface area contributed by atoms with Crippen molar-refractivity contribution in [3.63, 3.8) is 0 Å². The molecule has 34 heavy (non-hydrogen) atoms. The average Bonchev–Trinajstić information content (AvgIpc) is 3.30. The van der Waals surface area contributed by atoms with E-state index in [1.807, 2.05) is 48.5 Å². The van der Waals surface area contributed by atoms with Crippen LogP contribution in [0.2, 0.25) is 0 Å². The summed E-state index contributed by atoms with van der Waals surface area (Å²) >= 11 is 0. The third-order valence-electron chi connectivity index (χ3n) is 6.69. The highest BCUT2D eigenvalue weighted by Gasteiger charge is 2.29. The van der Waals surface area contributed by atoms with Crippen molar-refractivity contribution < 1.29 is 14.6 Å². The third kappa shape index (κ3) is 4.45. The van der Waals surface area contributed by atoms with Gasteiger partial charge in [0, 0.05) is 11.4 Å². The molecule has 0 bridgehead atoms. The summed E-state index contributed by atoms with van der Waals surface area (Å²) in [5.41, 5.74) is 11.3. The normalized spacial score (nSPS) is 14.7. The van der Waals surface area contributed by atoms with Crippen LogP contribution in [0.4, 0.5) is 0 Å². The van der Waals surface area contributed by atoms with Gasteiger partial charge in [-0.25, -0.2) is 4.79 Å². The molecule has 0 heterocycles. The van der Waals surface area contributed by atoms with Gasteiger partial charge in [0.2, 0.25) is 0 Å². The molecule has 170 valence electrons. The fraction of sp³-hybridized carbons (Fsp3) is 0.167. The van der Waals surface area contributed by atoms with Gasteiger partial charge in [0.25, 0.3) is 0 Å². The van der Waals surface area contributed by atoms with Crippen molar-refractivity contribution in [3.05, 3.63) is 119 Å². The summed E-state index contributed by atoms with van der Waals surface area (Å²) in [4.78, 5) is 11.8. The number of rotatable bonds is 7. The van der Waals surface area contributed by atoms with Gasteiger partial charge in [-0.1, -0.05) is 78.9 Å². The molecule has 3 N–H and O–H groups in total. The van der Waals surface area contributed by atoms with Gasteiger partial charge in [-0.15, -0.1) is 0 Å². The second-order valence-electron chi connectivity index (χ2n) is 8.84. The van der Waals surface area contributed by atoms with Crippen LogP contribution in [-0.2, 0) is 12.8 Å². The Morgan fingerprint density at radius 2 is 1.56 bits per heavy atom.